The number of para-hydroxylation sites is 1. The first-order chi connectivity index (χ1) is 13.8. The third-order valence-corrected chi connectivity index (χ3v) is 4.33. The number of halogens is 1. The Morgan fingerprint density at radius 3 is 2.52 bits per heavy atom. The number of hydrogen-bond acceptors (Lipinski definition) is 6. The number of carboxylic acid groups (broad SMARTS) is 1. The van der Waals surface area contributed by atoms with Crippen molar-refractivity contribution in [2.45, 2.75) is 44.8 Å². The Labute approximate surface area is 169 Å². The second-order valence-corrected chi connectivity index (χ2v) is 6.90. The first kappa shape index (κ1) is 22.6. The van der Waals surface area contributed by atoms with Gasteiger partial charge in [-0.15, -0.1) is 0 Å². The zero-order valence-corrected chi connectivity index (χ0v) is 16.3. The molecule has 0 radical (unpaired) electrons. The van der Waals surface area contributed by atoms with Crippen molar-refractivity contribution in [3.63, 3.8) is 0 Å². The Hall–Kier alpha value is -2.64. The highest BCUT2D eigenvalue weighted by Gasteiger charge is 2.15. The van der Waals surface area contributed by atoms with Crippen LogP contribution >= 0.6 is 0 Å². The van der Waals surface area contributed by atoms with E-state index in [9.17, 15) is 24.5 Å². The van der Waals surface area contributed by atoms with E-state index in [2.05, 4.69) is 0 Å². The molecular weight excluding hydrogens is 379 g/mol. The number of carbonyl (C=O) groups is 1. The highest BCUT2D eigenvalue weighted by atomic mass is 19.1. The van der Waals surface area contributed by atoms with Crippen LogP contribution in [0.4, 0.5) is 4.39 Å². The van der Waals surface area contributed by atoms with Crippen molar-refractivity contribution < 1.29 is 34.0 Å². The van der Waals surface area contributed by atoms with Gasteiger partial charge in [-0.25, -0.2) is 4.39 Å². The lowest BCUT2D eigenvalue weighted by Gasteiger charge is -2.19. The van der Waals surface area contributed by atoms with Crippen molar-refractivity contribution in [3.05, 3.63) is 59.4 Å². The van der Waals surface area contributed by atoms with E-state index in [1.54, 1.807) is 12.1 Å². The molecule has 0 spiro atoms. The van der Waals surface area contributed by atoms with Gasteiger partial charge in [0.15, 0.2) is 0 Å². The number of ether oxygens (including phenoxy) is 2. The fraction of sp³-hybridized carbons (Fsp3) is 0.409. The van der Waals surface area contributed by atoms with E-state index < -0.39 is 24.6 Å². The fourth-order valence-electron chi connectivity index (χ4n) is 2.94. The van der Waals surface area contributed by atoms with Crippen molar-refractivity contribution in [2.75, 3.05) is 13.2 Å². The standard InChI is InChI=1S/C22H27FO6/c1-15-4-2-5-16(6-3-11-28-20-9-7-17(23)8-10-20)22(15)29-14-19(25)12-18(24)13-21(26)27/h2,4-5,7-10,18-19,24-25H,3,6,11-14H2,1H3,(H,26,27)/p-1/t18-,19?/m1/s1. The summed E-state index contributed by atoms with van der Waals surface area (Å²) in [5.74, 6) is -0.420. The molecule has 0 saturated heterocycles. The first-order valence-corrected chi connectivity index (χ1v) is 9.50. The van der Waals surface area contributed by atoms with Crippen LogP contribution in [0.15, 0.2) is 42.5 Å². The zero-order valence-electron chi connectivity index (χ0n) is 16.3. The molecule has 0 amide bonds. The maximum Gasteiger partial charge on any atom is 0.125 e. The predicted octanol–water partition coefficient (Wildman–Crippen LogP) is 1.78. The molecular formula is C22H26FO6-. The molecule has 0 aliphatic carbocycles. The van der Waals surface area contributed by atoms with Gasteiger partial charge in [-0.2, -0.15) is 0 Å². The number of aliphatic hydroxyl groups excluding tert-OH is 2. The molecule has 0 heterocycles. The number of carbonyl (C=O) groups excluding carboxylic acids is 1. The summed E-state index contributed by atoms with van der Waals surface area (Å²) < 4.78 is 24.3. The number of benzene rings is 2. The minimum Gasteiger partial charge on any atom is -0.550 e. The Balaban J connectivity index is 1.84. The summed E-state index contributed by atoms with van der Waals surface area (Å²) >= 11 is 0. The summed E-state index contributed by atoms with van der Waals surface area (Å²) in [7, 11) is 0. The fourth-order valence-corrected chi connectivity index (χ4v) is 2.94. The number of hydrogen-bond donors (Lipinski definition) is 2. The monoisotopic (exact) mass is 405 g/mol. The molecule has 2 atom stereocenters. The SMILES string of the molecule is Cc1cccc(CCCOc2ccc(F)cc2)c1OCC(O)C[C@@H](O)CC(=O)[O-]. The third-order valence-electron chi connectivity index (χ3n) is 4.33. The van der Waals surface area contributed by atoms with Crippen LogP contribution < -0.4 is 14.6 Å². The van der Waals surface area contributed by atoms with Crippen molar-refractivity contribution >= 4 is 5.97 Å². The van der Waals surface area contributed by atoms with E-state index in [-0.39, 0.29) is 18.8 Å². The Morgan fingerprint density at radius 1 is 1.10 bits per heavy atom. The first-order valence-electron chi connectivity index (χ1n) is 9.50. The summed E-state index contributed by atoms with van der Waals surface area (Å²) in [6.45, 7) is 2.29. The summed E-state index contributed by atoms with van der Waals surface area (Å²) in [6.07, 6.45) is -1.43. The molecule has 6 nitrogen and oxygen atoms in total. The van der Waals surface area contributed by atoms with Gasteiger partial charge in [-0.1, -0.05) is 18.2 Å². The largest absolute Gasteiger partial charge is 0.550 e. The van der Waals surface area contributed by atoms with Gasteiger partial charge in [0, 0.05) is 18.8 Å². The van der Waals surface area contributed by atoms with E-state index in [1.807, 2.05) is 25.1 Å². The maximum absolute atomic E-state index is 12.9. The Bertz CT molecular complexity index is 777. The number of aryl methyl sites for hydroxylation is 2. The average Bonchev–Trinajstić information content (AvgIpc) is 2.65. The van der Waals surface area contributed by atoms with E-state index in [0.29, 0.717) is 30.9 Å². The second kappa shape index (κ2) is 11.4. The van der Waals surface area contributed by atoms with Crippen molar-refractivity contribution in [1.29, 1.82) is 0 Å². The molecule has 7 heteroatoms. The smallest absolute Gasteiger partial charge is 0.125 e. The molecule has 2 N–H and O–H groups in total. The van der Waals surface area contributed by atoms with Crippen molar-refractivity contribution in [3.8, 4) is 11.5 Å². The topological polar surface area (TPSA) is 99.1 Å². The maximum atomic E-state index is 12.9. The van der Waals surface area contributed by atoms with Gasteiger partial charge >= 0.3 is 0 Å². The molecule has 158 valence electrons. The molecule has 0 aromatic heterocycles. The van der Waals surface area contributed by atoms with Crippen LogP contribution in [0.3, 0.4) is 0 Å². The summed E-state index contributed by atoms with van der Waals surface area (Å²) in [6, 6.07) is 11.6. The van der Waals surface area contributed by atoms with Gasteiger partial charge in [0.1, 0.15) is 23.9 Å². The molecule has 2 aromatic rings. The van der Waals surface area contributed by atoms with Crippen molar-refractivity contribution in [1.82, 2.24) is 0 Å². The molecule has 0 aliphatic rings. The molecule has 2 aromatic carbocycles. The predicted molar refractivity (Wildman–Crippen MR) is 103 cm³/mol. The van der Waals surface area contributed by atoms with E-state index in [0.717, 1.165) is 11.1 Å². The number of rotatable bonds is 12. The van der Waals surface area contributed by atoms with Crippen LogP contribution in [0, 0.1) is 12.7 Å². The highest BCUT2D eigenvalue weighted by molar-refractivity contribution is 5.64. The van der Waals surface area contributed by atoms with E-state index in [4.69, 9.17) is 9.47 Å². The lowest BCUT2D eigenvalue weighted by atomic mass is 10.0. The number of carboxylic acids is 1. The average molecular weight is 405 g/mol. The van der Waals surface area contributed by atoms with Crippen LogP contribution in [0.2, 0.25) is 0 Å². The number of aliphatic hydroxyl groups is 2. The molecule has 0 aliphatic heterocycles. The lowest BCUT2D eigenvalue weighted by molar-refractivity contribution is -0.307. The van der Waals surface area contributed by atoms with Crippen LogP contribution in [-0.2, 0) is 11.2 Å². The second-order valence-electron chi connectivity index (χ2n) is 6.90. The summed E-state index contributed by atoms with van der Waals surface area (Å²) in [5.41, 5.74) is 1.86. The summed E-state index contributed by atoms with van der Waals surface area (Å²) in [4.78, 5) is 10.5. The lowest BCUT2D eigenvalue weighted by Crippen LogP contribution is -2.31. The van der Waals surface area contributed by atoms with Crippen LogP contribution in [-0.4, -0.2) is 41.6 Å². The molecule has 2 rings (SSSR count). The molecule has 0 bridgehead atoms. The van der Waals surface area contributed by atoms with Gasteiger partial charge in [-0.3, -0.25) is 0 Å². The molecule has 0 saturated carbocycles. The van der Waals surface area contributed by atoms with Crippen LogP contribution in [0.1, 0.15) is 30.4 Å². The van der Waals surface area contributed by atoms with Crippen LogP contribution in [0.5, 0.6) is 11.5 Å². The van der Waals surface area contributed by atoms with Gasteiger partial charge < -0.3 is 29.6 Å². The third kappa shape index (κ3) is 8.09. The van der Waals surface area contributed by atoms with Crippen LogP contribution in [0.25, 0.3) is 0 Å². The molecule has 0 fully saturated rings. The van der Waals surface area contributed by atoms with Gasteiger partial charge in [0.25, 0.3) is 0 Å². The molecule has 29 heavy (non-hydrogen) atoms. The minimum absolute atomic E-state index is 0.0615. The van der Waals surface area contributed by atoms with Gasteiger partial charge in [-0.05, 0) is 55.2 Å². The Morgan fingerprint density at radius 2 is 1.83 bits per heavy atom. The van der Waals surface area contributed by atoms with Gasteiger partial charge in [0.05, 0.1) is 18.8 Å². The summed E-state index contributed by atoms with van der Waals surface area (Å²) in [5, 5.41) is 30.0. The van der Waals surface area contributed by atoms with Crippen molar-refractivity contribution in [2.24, 2.45) is 0 Å². The Kier molecular flexibility index (Phi) is 8.89. The quantitative estimate of drug-likeness (QED) is 0.522. The van der Waals surface area contributed by atoms with Gasteiger partial charge in [0.2, 0.25) is 0 Å². The normalized spacial score (nSPS) is 13.0. The minimum atomic E-state index is -1.37. The number of aliphatic carboxylic acids is 1. The molecule has 1 unspecified atom stereocenters. The van der Waals surface area contributed by atoms with E-state index in [1.165, 1.54) is 12.1 Å². The van der Waals surface area contributed by atoms with E-state index >= 15 is 0 Å². The highest BCUT2D eigenvalue weighted by Crippen LogP contribution is 2.25. The zero-order chi connectivity index (χ0) is 21.2.